The van der Waals surface area contributed by atoms with Gasteiger partial charge in [0.15, 0.2) is 0 Å². The maximum atomic E-state index is 11.2. The monoisotopic (exact) mass is 273 g/mol. The lowest BCUT2D eigenvalue weighted by molar-refractivity contribution is 0.873. The number of hydrogen-bond acceptors (Lipinski definition) is 2. The largest absolute Gasteiger partial charge is 0.323 e. The molecule has 1 unspecified atom stereocenters. The summed E-state index contributed by atoms with van der Waals surface area (Å²) < 4.78 is 0. The molecule has 3 rings (SSSR count). The average molecular weight is 274 g/mol. The van der Waals surface area contributed by atoms with E-state index in [1.54, 1.807) is 0 Å². The molecule has 0 saturated heterocycles. The van der Waals surface area contributed by atoms with Gasteiger partial charge in [0, 0.05) is 5.02 Å². The van der Waals surface area contributed by atoms with Crippen LogP contribution < -0.4 is 11.4 Å². The highest BCUT2D eigenvalue weighted by molar-refractivity contribution is 6.30. The summed E-state index contributed by atoms with van der Waals surface area (Å²) in [5.41, 5.74) is 9.44. The van der Waals surface area contributed by atoms with Gasteiger partial charge in [-0.25, -0.2) is 4.79 Å². The zero-order chi connectivity index (χ0) is 13.4. The topological polar surface area (TPSA) is 74.7 Å². The van der Waals surface area contributed by atoms with Crippen molar-refractivity contribution in [1.82, 2.24) is 9.97 Å². The highest BCUT2D eigenvalue weighted by atomic mass is 35.5. The summed E-state index contributed by atoms with van der Waals surface area (Å²) >= 11 is 5.86. The van der Waals surface area contributed by atoms with Gasteiger partial charge in [0.25, 0.3) is 0 Å². The molecule has 4 nitrogen and oxygen atoms in total. The van der Waals surface area contributed by atoms with Gasteiger partial charge in [-0.3, -0.25) is 0 Å². The number of imidazole rings is 1. The molecule has 4 N–H and O–H groups in total. The Morgan fingerprint density at radius 1 is 0.947 bits per heavy atom. The molecule has 1 atom stereocenters. The molecule has 5 heteroatoms. The molecular weight excluding hydrogens is 262 g/mol. The first kappa shape index (κ1) is 12.0. The number of hydrogen-bond donors (Lipinski definition) is 3. The second-order valence-electron chi connectivity index (χ2n) is 4.41. The molecule has 0 saturated carbocycles. The summed E-state index contributed by atoms with van der Waals surface area (Å²) in [7, 11) is 0. The van der Waals surface area contributed by atoms with E-state index in [9.17, 15) is 4.79 Å². The number of nitrogens with two attached hydrogens (primary N) is 1. The van der Waals surface area contributed by atoms with E-state index < -0.39 is 0 Å². The highest BCUT2D eigenvalue weighted by Gasteiger charge is 2.10. The zero-order valence-corrected chi connectivity index (χ0v) is 10.7. The van der Waals surface area contributed by atoms with Gasteiger partial charge in [0.05, 0.1) is 17.1 Å². The molecule has 0 fully saturated rings. The number of fused-ring (bicyclic) bond motifs is 1. The molecule has 19 heavy (non-hydrogen) atoms. The van der Waals surface area contributed by atoms with Crippen LogP contribution >= 0.6 is 11.6 Å². The van der Waals surface area contributed by atoms with Crippen LogP contribution in [0.2, 0.25) is 5.02 Å². The summed E-state index contributed by atoms with van der Waals surface area (Å²) in [6.45, 7) is 0. The average Bonchev–Trinajstić information content (AvgIpc) is 2.77. The SMILES string of the molecule is NC(c1ccc(Cl)cc1)c1ccc2[nH]c(=O)[nH]c2c1. The number of benzene rings is 2. The van der Waals surface area contributed by atoms with Crippen LogP contribution in [0.15, 0.2) is 47.3 Å². The molecule has 0 spiro atoms. The Kier molecular flexibility index (Phi) is 2.89. The van der Waals surface area contributed by atoms with Crippen molar-refractivity contribution in [2.24, 2.45) is 5.73 Å². The maximum Gasteiger partial charge on any atom is 0.323 e. The quantitative estimate of drug-likeness (QED) is 0.671. The van der Waals surface area contributed by atoms with Crippen LogP contribution in [0.1, 0.15) is 17.2 Å². The van der Waals surface area contributed by atoms with Crippen molar-refractivity contribution >= 4 is 22.6 Å². The second kappa shape index (κ2) is 4.57. The maximum absolute atomic E-state index is 11.2. The van der Waals surface area contributed by atoms with Gasteiger partial charge in [-0.2, -0.15) is 0 Å². The lowest BCUT2D eigenvalue weighted by Crippen LogP contribution is -2.11. The highest BCUT2D eigenvalue weighted by Crippen LogP contribution is 2.23. The van der Waals surface area contributed by atoms with Crippen LogP contribution in [0, 0.1) is 0 Å². The fraction of sp³-hybridized carbons (Fsp3) is 0.0714. The van der Waals surface area contributed by atoms with E-state index in [0.29, 0.717) is 5.02 Å². The Balaban J connectivity index is 2.03. The van der Waals surface area contributed by atoms with E-state index in [2.05, 4.69) is 9.97 Å². The van der Waals surface area contributed by atoms with Crippen molar-refractivity contribution in [3.63, 3.8) is 0 Å². The molecular formula is C14H12ClN3O. The first-order valence-corrected chi connectivity index (χ1v) is 6.24. The van der Waals surface area contributed by atoms with Gasteiger partial charge >= 0.3 is 5.69 Å². The minimum absolute atomic E-state index is 0.216. The van der Waals surface area contributed by atoms with Gasteiger partial charge in [-0.15, -0.1) is 0 Å². The van der Waals surface area contributed by atoms with Crippen LogP contribution in [0.25, 0.3) is 11.0 Å². The molecule has 0 aliphatic carbocycles. The number of aromatic nitrogens is 2. The summed E-state index contributed by atoms with van der Waals surface area (Å²) in [6, 6.07) is 12.8. The summed E-state index contributed by atoms with van der Waals surface area (Å²) in [5.74, 6) is 0. The Morgan fingerprint density at radius 2 is 1.58 bits per heavy atom. The first-order chi connectivity index (χ1) is 9.13. The fourth-order valence-corrected chi connectivity index (χ4v) is 2.23. The Hall–Kier alpha value is -2.04. The normalized spacial score (nSPS) is 12.7. The van der Waals surface area contributed by atoms with Crippen molar-refractivity contribution < 1.29 is 0 Å². The van der Waals surface area contributed by atoms with Gasteiger partial charge in [-0.05, 0) is 35.4 Å². The van der Waals surface area contributed by atoms with Crippen LogP contribution in [0.4, 0.5) is 0 Å². The molecule has 3 aromatic rings. The van der Waals surface area contributed by atoms with Gasteiger partial charge in [-0.1, -0.05) is 29.8 Å². The van der Waals surface area contributed by atoms with Crippen molar-refractivity contribution in [3.8, 4) is 0 Å². The summed E-state index contributed by atoms with van der Waals surface area (Å²) in [5, 5.41) is 0.682. The van der Waals surface area contributed by atoms with Crippen LogP contribution in [-0.2, 0) is 0 Å². The molecule has 1 heterocycles. The third-order valence-corrected chi connectivity index (χ3v) is 3.38. The van der Waals surface area contributed by atoms with Crippen LogP contribution in [0.3, 0.4) is 0 Å². The molecule has 96 valence electrons. The summed E-state index contributed by atoms with van der Waals surface area (Å²) in [4.78, 5) is 16.6. The predicted octanol–water partition coefficient (Wildman–Crippen LogP) is 2.56. The Bertz CT molecular complexity index is 773. The molecule has 0 bridgehead atoms. The molecule has 0 aliphatic rings. The number of H-pyrrole nitrogens is 2. The lowest BCUT2D eigenvalue weighted by Gasteiger charge is -2.12. The van der Waals surface area contributed by atoms with Crippen LogP contribution in [-0.4, -0.2) is 9.97 Å². The van der Waals surface area contributed by atoms with E-state index >= 15 is 0 Å². The van der Waals surface area contributed by atoms with Crippen molar-refractivity contribution in [2.75, 3.05) is 0 Å². The molecule has 0 amide bonds. The molecule has 0 aliphatic heterocycles. The summed E-state index contributed by atoms with van der Waals surface area (Å²) in [6.07, 6.45) is 0. The molecule has 1 aromatic heterocycles. The van der Waals surface area contributed by atoms with E-state index in [0.717, 1.165) is 22.2 Å². The lowest BCUT2D eigenvalue weighted by atomic mass is 9.99. The van der Waals surface area contributed by atoms with E-state index in [-0.39, 0.29) is 11.7 Å². The number of halogens is 1. The Morgan fingerprint density at radius 3 is 2.32 bits per heavy atom. The van der Waals surface area contributed by atoms with Crippen molar-refractivity contribution in [3.05, 3.63) is 69.1 Å². The number of rotatable bonds is 2. The predicted molar refractivity (Wildman–Crippen MR) is 76.4 cm³/mol. The third kappa shape index (κ3) is 2.28. The van der Waals surface area contributed by atoms with E-state index in [1.165, 1.54) is 0 Å². The Labute approximate surface area is 114 Å². The van der Waals surface area contributed by atoms with E-state index in [1.807, 2.05) is 42.5 Å². The molecule has 0 radical (unpaired) electrons. The first-order valence-electron chi connectivity index (χ1n) is 5.86. The van der Waals surface area contributed by atoms with Crippen molar-refractivity contribution in [1.29, 1.82) is 0 Å². The van der Waals surface area contributed by atoms with Gasteiger partial charge < -0.3 is 15.7 Å². The minimum Gasteiger partial charge on any atom is -0.320 e. The smallest absolute Gasteiger partial charge is 0.320 e. The third-order valence-electron chi connectivity index (χ3n) is 3.13. The fourth-order valence-electron chi connectivity index (χ4n) is 2.11. The van der Waals surface area contributed by atoms with E-state index in [4.69, 9.17) is 17.3 Å². The molecule has 2 aromatic carbocycles. The van der Waals surface area contributed by atoms with Gasteiger partial charge in [0.2, 0.25) is 0 Å². The minimum atomic E-state index is -0.250. The number of nitrogens with one attached hydrogen (secondary N) is 2. The standard InChI is InChI=1S/C14H12ClN3O/c15-10-4-1-8(2-5-10)13(16)9-3-6-11-12(7-9)18-14(19)17-11/h1-7,13H,16H2,(H2,17,18,19). The second-order valence-corrected chi connectivity index (χ2v) is 4.85. The van der Waals surface area contributed by atoms with Gasteiger partial charge in [0.1, 0.15) is 0 Å². The number of aromatic amines is 2. The van der Waals surface area contributed by atoms with Crippen LogP contribution in [0.5, 0.6) is 0 Å². The van der Waals surface area contributed by atoms with Crippen molar-refractivity contribution in [2.45, 2.75) is 6.04 Å². The zero-order valence-electron chi connectivity index (χ0n) is 9.98.